The SMILES string of the molecule is CCNC(=NCc1cccc(S(N)(=O)=O)c1)NCc1ccc(C(=O)N(C)C)cc1.I. The third kappa shape index (κ3) is 7.92. The summed E-state index contributed by atoms with van der Waals surface area (Å²) in [4.78, 5) is 18.0. The molecule has 0 bridgehead atoms. The molecule has 2 aromatic carbocycles. The third-order valence-corrected chi connectivity index (χ3v) is 4.97. The smallest absolute Gasteiger partial charge is 0.253 e. The number of nitrogens with two attached hydrogens (primary N) is 1. The van der Waals surface area contributed by atoms with E-state index in [9.17, 15) is 13.2 Å². The molecule has 8 nitrogen and oxygen atoms in total. The number of amides is 1. The van der Waals surface area contributed by atoms with Crippen LogP contribution >= 0.6 is 24.0 Å². The number of nitrogens with one attached hydrogen (secondary N) is 2. The highest BCUT2D eigenvalue weighted by molar-refractivity contribution is 14.0. The molecule has 164 valence electrons. The van der Waals surface area contributed by atoms with Crippen molar-refractivity contribution in [2.24, 2.45) is 10.1 Å². The maximum Gasteiger partial charge on any atom is 0.253 e. The van der Waals surface area contributed by atoms with Crippen LogP contribution in [0.3, 0.4) is 0 Å². The Morgan fingerprint density at radius 2 is 1.73 bits per heavy atom. The summed E-state index contributed by atoms with van der Waals surface area (Å²) in [7, 11) is -0.307. The molecule has 0 saturated carbocycles. The van der Waals surface area contributed by atoms with Gasteiger partial charge in [0, 0.05) is 32.7 Å². The summed E-state index contributed by atoms with van der Waals surface area (Å²) in [5.74, 6) is 0.558. The lowest BCUT2D eigenvalue weighted by Gasteiger charge is -2.13. The first-order valence-electron chi connectivity index (χ1n) is 9.15. The molecular weight excluding hydrogens is 517 g/mol. The van der Waals surface area contributed by atoms with E-state index in [1.54, 1.807) is 38.4 Å². The van der Waals surface area contributed by atoms with Gasteiger partial charge in [-0.2, -0.15) is 0 Å². The summed E-state index contributed by atoms with van der Waals surface area (Å²) in [5.41, 5.74) is 2.37. The Balaban J connectivity index is 0.00000450. The Morgan fingerprint density at radius 3 is 2.30 bits per heavy atom. The number of halogens is 1. The van der Waals surface area contributed by atoms with E-state index >= 15 is 0 Å². The van der Waals surface area contributed by atoms with Crippen molar-refractivity contribution in [2.75, 3.05) is 20.6 Å². The van der Waals surface area contributed by atoms with E-state index in [1.807, 2.05) is 19.1 Å². The van der Waals surface area contributed by atoms with Crippen molar-refractivity contribution in [1.82, 2.24) is 15.5 Å². The molecule has 0 heterocycles. The van der Waals surface area contributed by atoms with Crippen molar-refractivity contribution < 1.29 is 13.2 Å². The minimum absolute atomic E-state index is 0. The Labute approximate surface area is 195 Å². The molecule has 0 unspecified atom stereocenters. The molecule has 4 N–H and O–H groups in total. The highest BCUT2D eigenvalue weighted by Gasteiger charge is 2.09. The molecule has 2 rings (SSSR count). The number of carbonyl (C=O) groups is 1. The molecule has 2 aromatic rings. The first-order chi connectivity index (χ1) is 13.7. The van der Waals surface area contributed by atoms with E-state index in [-0.39, 0.29) is 34.8 Å². The van der Waals surface area contributed by atoms with Crippen molar-refractivity contribution in [1.29, 1.82) is 0 Å². The van der Waals surface area contributed by atoms with E-state index in [1.165, 1.54) is 17.0 Å². The maximum absolute atomic E-state index is 11.9. The zero-order valence-corrected chi connectivity index (χ0v) is 20.4. The van der Waals surface area contributed by atoms with E-state index in [4.69, 9.17) is 5.14 Å². The second kappa shape index (κ2) is 11.9. The van der Waals surface area contributed by atoms with E-state index in [2.05, 4.69) is 15.6 Å². The summed E-state index contributed by atoms with van der Waals surface area (Å²) in [6.07, 6.45) is 0. The van der Waals surface area contributed by atoms with Gasteiger partial charge in [-0.1, -0.05) is 24.3 Å². The fourth-order valence-corrected chi connectivity index (χ4v) is 3.13. The molecule has 0 saturated heterocycles. The van der Waals surface area contributed by atoms with Crippen molar-refractivity contribution in [2.45, 2.75) is 24.9 Å². The first kappa shape index (κ1) is 25.9. The molecule has 30 heavy (non-hydrogen) atoms. The summed E-state index contributed by atoms with van der Waals surface area (Å²) in [5, 5.41) is 11.5. The second-order valence-corrected chi connectivity index (χ2v) is 8.20. The number of carbonyl (C=O) groups excluding carboxylic acids is 1. The van der Waals surface area contributed by atoms with Gasteiger partial charge < -0.3 is 15.5 Å². The number of rotatable bonds is 7. The van der Waals surface area contributed by atoms with Crippen molar-refractivity contribution >= 4 is 45.9 Å². The Hall–Kier alpha value is -2.18. The van der Waals surface area contributed by atoms with Crippen LogP contribution in [0.4, 0.5) is 0 Å². The van der Waals surface area contributed by atoms with Crippen LogP contribution in [0.25, 0.3) is 0 Å². The quantitative estimate of drug-likeness (QED) is 0.279. The Kier molecular flexibility index (Phi) is 10.2. The van der Waals surface area contributed by atoms with Crippen LogP contribution in [-0.4, -0.2) is 45.8 Å². The van der Waals surface area contributed by atoms with Crippen molar-refractivity contribution in [3.63, 3.8) is 0 Å². The molecule has 0 aromatic heterocycles. The highest BCUT2D eigenvalue weighted by Crippen LogP contribution is 2.11. The molecule has 10 heteroatoms. The lowest BCUT2D eigenvalue weighted by molar-refractivity contribution is 0.0827. The fourth-order valence-electron chi connectivity index (χ4n) is 2.54. The predicted octanol–water partition coefficient (Wildman–Crippen LogP) is 1.91. The zero-order valence-electron chi connectivity index (χ0n) is 17.3. The van der Waals surface area contributed by atoms with Crippen molar-refractivity contribution in [3.05, 3.63) is 65.2 Å². The zero-order chi connectivity index (χ0) is 21.4. The van der Waals surface area contributed by atoms with Crippen molar-refractivity contribution in [3.8, 4) is 0 Å². The average Bonchev–Trinajstić information content (AvgIpc) is 2.69. The monoisotopic (exact) mass is 545 g/mol. The van der Waals surface area contributed by atoms with Gasteiger partial charge in [-0.25, -0.2) is 18.5 Å². The van der Waals surface area contributed by atoms with Gasteiger partial charge in [-0.15, -0.1) is 24.0 Å². The summed E-state index contributed by atoms with van der Waals surface area (Å²) >= 11 is 0. The van der Waals surface area contributed by atoms with Crippen LogP contribution in [0.15, 0.2) is 58.4 Å². The van der Waals surface area contributed by atoms with Gasteiger partial charge in [-0.05, 0) is 42.3 Å². The number of hydrogen-bond donors (Lipinski definition) is 3. The minimum atomic E-state index is -3.74. The third-order valence-electron chi connectivity index (χ3n) is 4.06. The molecule has 1 amide bonds. The van der Waals surface area contributed by atoms with Gasteiger partial charge >= 0.3 is 0 Å². The number of nitrogens with zero attached hydrogens (tertiary/aromatic N) is 2. The number of sulfonamides is 1. The summed E-state index contributed by atoms with van der Waals surface area (Å²) in [6.45, 7) is 3.47. The lowest BCUT2D eigenvalue weighted by Crippen LogP contribution is -2.36. The Morgan fingerprint density at radius 1 is 1.07 bits per heavy atom. The number of aliphatic imine (C=N–C) groups is 1. The number of primary sulfonamides is 1. The molecule has 0 aliphatic heterocycles. The van der Waals surface area contributed by atoms with Crippen LogP contribution in [0, 0.1) is 0 Å². The van der Waals surface area contributed by atoms with Crippen LogP contribution in [0.2, 0.25) is 0 Å². The van der Waals surface area contributed by atoms with Gasteiger partial charge in [0.2, 0.25) is 10.0 Å². The maximum atomic E-state index is 11.9. The van der Waals surface area contributed by atoms with E-state index in [0.29, 0.717) is 31.2 Å². The minimum Gasteiger partial charge on any atom is -0.357 e. The largest absolute Gasteiger partial charge is 0.357 e. The molecule has 0 fully saturated rings. The molecule has 0 radical (unpaired) electrons. The van der Waals surface area contributed by atoms with Gasteiger partial charge in [0.15, 0.2) is 5.96 Å². The first-order valence-corrected chi connectivity index (χ1v) is 10.7. The van der Waals surface area contributed by atoms with Gasteiger partial charge in [-0.3, -0.25) is 4.79 Å². The average molecular weight is 545 g/mol. The van der Waals surface area contributed by atoms with Gasteiger partial charge in [0.25, 0.3) is 5.91 Å². The summed E-state index contributed by atoms with van der Waals surface area (Å²) < 4.78 is 23.0. The second-order valence-electron chi connectivity index (χ2n) is 6.64. The lowest BCUT2D eigenvalue weighted by atomic mass is 10.1. The normalized spacial score (nSPS) is 11.4. The van der Waals surface area contributed by atoms with E-state index < -0.39 is 10.0 Å². The molecule has 0 spiro atoms. The highest BCUT2D eigenvalue weighted by atomic mass is 127. The van der Waals surface area contributed by atoms with E-state index in [0.717, 1.165) is 11.1 Å². The Bertz CT molecular complexity index is 976. The molecular formula is C20H28IN5O3S. The standard InChI is InChI=1S/C20H27N5O3S.HI/c1-4-22-20(24-14-16-6-5-7-18(12-16)29(21,27)28)23-13-15-8-10-17(11-9-15)19(26)25(2)3;/h5-12H,4,13-14H2,1-3H3,(H2,21,27,28)(H2,22,23,24);1H. The van der Waals surface area contributed by atoms with Crippen LogP contribution in [0.1, 0.15) is 28.4 Å². The van der Waals surface area contributed by atoms with Gasteiger partial charge in [0.1, 0.15) is 0 Å². The number of benzene rings is 2. The summed E-state index contributed by atoms with van der Waals surface area (Å²) in [6, 6.07) is 13.8. The molecule has 0 aliphatic rings. The van der Waals surface area contributed by atoms with Crippen LogP contribution in [-0.2, 0) is 23.1 Å². The molecule has 0 aliphatic carbocycles. The fraction of sp³-hybridized carbons (Fsp3) is 0.300. The number of guanidine groups is 1. The predicted molar refractivity (Wildman–Crippen MR) is 129 cm³/mol. The topological polar surface area (TPSA) is 117 Å². The molecule has 0 atom stereocenters. The number of hydrogen-bond acceptors (Lipinski definition) is 4. The van der Waals surface area contributed by atoms with Crippen LogP contribution in [0.5, 0.6) is 0 Å². The van der Waals surface area contributed by atoms with Crippen LogP contribution < -0.4 is 15.8 Å². The van der Waals surface area contributed by atoms with Gasteiger partial charge in [0.05, 0.1) is 11.4 Å².